The standard InChI is InChI=1S/C24H18NO2/c1-13-7-6-10-18-20(13)23-22-19(26-18)11-16-15-8-4-5-9-17(15)27-24(16)21(22)14(2)12-25(23)3/h4-12H,1-3H3/q+1. The van der Waals surface area contributed by atoms with Crippen LogP contribution < -0.4 is 9.30 Å². The number of aryl methyl sites for hydroxylation is 3. The molecule has 0 N–H and O–H groups in total. The minimum atomic E-state index is 0.899. The molecular weight excluding hydrogens is 334 g/mol. The van der Waals surface area contributed by atoms with Crippen LogP contribution in [0.25, 0.3) is 44.0 Å². The fourth-order valence-electron chi connectivity index (χ4n) is 4.57. The molecule has 3 aromatic carbocycles. The molecule has 130 valence electrons. The highest BCUT2D eigenvalue weighted by Gasteiger charge is 2.32. The summed E-state index contributed by atoms with van der Waals surface area (Å²) < 4.78 is 14.9. The maximum atomic E-state index is 6.41. The molecule has 1 aliphatic rings. The van der Waals surface area contributed by atoms with Gasteiger partial charge in [0, 0.05) is 21.7 Å². The highest BCUT2D eigenvalue weighted by molar-refractivity contribution is 6.20. The Bertz CT molecular complexity index is 1430. The Morgan fingerprint density at radius 3 is 2.56 bits per heavy atom. The van der Waals surface area contributed by atoms with E-state index in [1.165, 1.54) is 16.8 Å². The van der Waals surface area contributed by atoms with E-state index in [0.29, 0.717) is 0 Å². The zero-order valence-electron chi connectivity index (χ0n) is 15.5. The number of para-hydroxylation sites is 1. The summed E-state index contributed by atoms with van der Waals surface area (Å²) in [6.07, 6.45) is 2.19. The van der Waals surface area contributed by atoms with Crippen LogP contribution in [0.4, 0.5) is 0 Å². The van der Waals surface area contributed by atoms with Crippen LogP contribution in [0.1, 0.15) is 11.1 Å². The van der Waals surface area contributed by atoms with Crippen LogP contribution in [0.2, 0.25) is 0 Å². The van der Waals surface area contributed by atoms with Crippen molar-refractivity contribution in [3.63, 3.8) is 0 Å². The van der Waals surface area contributed by atoms with E-state index in [2.05, 4.69) is 68.1 Å². The smallest absolute Gasteiger partial charge is 0.228 e. The van der Waals surface area contributed by atoms with Gasteiger partial charge in [-0.15, -0.1) is 0 Å². The van der Waals surface area contributed by atoms with Gasteiger partial charge in [0.15, 0.2) is 6.20 Å². The van der Waals surface area contributed by atoms with Crippen molar-refractivity contribution in [3.8, 4) is 22.8 Å². The number of pyridine rings is 1. The zero-order chi connectivity index (χ0) is 18.3. The Morgan fingerprint density at radius 2 is 1.67 bits per heavy atom. The molecule has 0 amide bonds. The van der Waals surface area contributed by atoms with Gasteiger partial charge >= 0.3 is 0 Å². The third-order valence-electron chi connectivity index (χ3n) is 5.70. The van der Waals surface area contributed by atoms with Gasteiger partial charge in [0.05, 0.1) is 5.56 Å². The predicted octanol–water partition coefficient (Wildman–Crippen LogP) is 5.95. The van der Waals surface area contributed by atoms with Crippen molar-refractivity contribution in [1.29, 1.82) is 0 Å². The van der Waals surface area contributed by atoms with E-state index in [1.54, 1.807) is 0 Å². The second-order valence-electron chi connectivity index (χ2n) is 7.42. The first-order chi connectivity index (χ1) is 13.1. The summed E-state index contributed by atoms with van der Waals surface area (Å²) >= 11 is 0. The maximum Gasteiger partial charge on any atom is 0.228 e. The van der Waals surface area contributed by atoms with Crippen molar-refractivity contribution in [1.82, 2.24) is 0 Å². The fourth-order valence-corrected chi connectivity index (χ4v) is 4.57. The number of furan rings is 1. The van der Waals surface area contributed by atoms with E-state index in [1.807, 2.05) is 12.1 Å². The quantitative estimate of drug-likeness (QED) is 0.316. The minimum absolute atomic E-state index is 0.899. The van der Waals surface area contributed by atoms with Crippen LogP contribution in [0.3, 0.4) is 0 Å². The number of hydrogen-bond donors (Lipinski definition) is 0. The monoisotopic (exact) mass is 352 g/mol. The summed E-state index contributed by atoms with van der Waals surface area (Å²) in [6.45, 7) is 4.28. The molecule has 0 saturated heterocycles. The molecule has 3 heteroatoms. The molecule has 27 heavy (non-hydrogen) atoms. The van der Waals surface area contributed by atoms with Crippen LogP contribution >= 0.6 is 0 Å². The van der Waals surface area contributed by atoms with E-state index >= 15 is 0 Å². The van der Waals surface area contributed by atoms with Gasteiger partial charge in [0.2, 0.25) is 5.69 Å². The molecule has 0 unspecified atom stereocenters. The van der Waals surface area contributed by atoms with Crippen molar-refractivity contribution in [2.45, 2.75) is 13.8 Å². The topological polar surface area (TPSA) is 26.2 Å². The maximum absolute atomic E-state index is 6.41. The summed E-state index contributed by atoms with van der Waals surface area (Å²) in [7, 11) is 2.11. The first-order valence-corrected chi connectivity index (χ1v) is 9.18. The van der Waals surface area contributed by atoms with Crippen LogP contribution in [0, 0.1) is 13.8 Å². The molecule has 6 rings (SSSR count). The molecule has 0 spiro atoms. The molecule has 2 aromatic heterocycles. The van der Waals surface area contributed by atoms with Gasteiger partial charge in [-0.3, -0.25) is 0 Å². The first-order valence-electron chi connectivity index (χ1n) is 9.18. The van der Waals surface area contributed by atoms with Crippen molar-refractivity contribution in [3.05, 3.63) is 65.9 Å². The van der Waals surface area contributed by atoms with Gasteiger partial charge < -0.3 is 9.15 Å². The number of nitrogens with zero attached hydrogens (tertiary/aromatic N) is 1. The van der Waals surface area contributed by atoms with Gasteiger partial charge in [0.25, 0.3) is 0 Å². The van der Waals surface area contributed by atoms with Crippen LogP contribution in [-0.4, -0.2) is 0 Å². The Kier molecular flexibility index (Phi) is 2.68. The lowest BCUT2D eigenvalue weighted by Crippen LogP contribution is -2.32. The lowest BCUT2D eigenvalue weighted by molar-refractivity contribution is -0.659. The Labute approximate surface area is 156 Å². The summed E-state index contributed by atoms with van der Waals surface area (Å²) in [5.74, 6) is 1.81. The van der Waals surface area contributed by atoms with E-state index in [4.69, 9.17) is 9.15 Å². The molecule has 0 radical (unpaired) electrons. The van der Waals surface area contributed by atoms with Crippen LogP contribution in [0.15, 0.2) is 59.1 Å². The largest absolute Gasteiger partial charge is 0.456 e. The number of hydrogen-bond acceptors (Lipinski definition) is 2. The number of ether oxygens (including phenoxy) is 1. The number of fused-ring (bicyclic) bond motifs is 6. The summed E-state index contributed by atoms with van der Waals surface area (Å²) in [5.41, 5.74) is 6.59. The summed E-state index contributed by atoms with van der Waals surface area (Å²) in [5, 5.41) is 4.50. The second kappa shape index (κ2) is 4.89. The van der Waals surface area contributed by atoms with Gasteiger partial charge in [-0.05, 0) is 37.6 Å². The SMILES string of the molecule is Cc1cccc2c1-c1c3c(cc4c5ccccc5oc4c3c(C)c[n+]1C)O2. The third kappa shape index (κ3) is 1.78. The number of rotatable bonds is 0. The van der Waals surface area contributed by atoms with E-state index in [9.17, 15) is 0 Å². The van der Waals surface area contributed by atoms with Gasteiger partial charge in [-0.2, -0.15) is 4.57 Å². The lowest BCUT2D eigenvalue weighted by Gasteiger charge is -2.21. The fraction of sp³-hybridized carbons (Fsp3) is 0.125. The molecule has 5 aromatic rings. The average Bonchev–Trinajstić information content (AvgIpc) is 3.02. The molecule has 0 bridgehead atoms. The van der Waals surface area contributed by atoms with E-state index in [0.717, 1.165) is 49.8 Å². The first kappa shape index (κ1) is 14.8. The van der Waals surface area contributed by atoms with E-state index < -0.39 is 0 Å². The van der Waals surface area contributed by atoms with Crippen molar-refractivity contribution < 1.29 is 13.7 Å². The molecular formula is C24H18NO2+. The molecule has 3 nitrogen and oxygen atoms in total. The molecule has 0 fully saturated rings. The summed E-state index contributed by atoms with van der Waals surface area (Å²) in [6, 6.07) is 16.6. The number of aromatic nitrogens is 1. The Balaban J connectivity index is 1.91. The molecule has 0 atom stereocenters. The average molecular weight is 352 g/mol. The Morgan fingerprint density at radius 1 is 0.815 bits per heavy atom. The molecule has 0 saturated carbocycles. The van der Waals surface area contributed by atoms with Gasteiger partial charge in [-0.25, -0.2) is 0 Å². The van der Waals surface area contributed by atoms with Crippen molar-refractivity contribution in [2.75, 3.05) is 0 Å². The molecule has 3 heterocycles. The van der Waals surface area contributed by atoms with E-state index in [-0.39, 0.29) is 0 Å². The number of benzene rings is 3. The third-order valence-corrected chi connectivity index (χ3v) is 5.70. The lowest BCUT2D eigenvalue weighted by atomic mass is 9.93. The minimum Gasteiger partial charge on any atom is -0.456 e. The molecule has 1 aliphatic heterocycles. The highest BCUT2D eigenvalue weighted by atomic mass is 16.5. The van der Waals surface area contributed by atoms with Gasteiger partial charge in [0.1, 0.15) is 35.1 Å². The second-order valence-corrected chi connectivity index (χ2v) is 7.42. The highest BCUT2D eigenvalue weighted by Crippen LogP contribution is 2.50. The summed E-state index contributed by atoms with van der Waals surface area (Å²) in [4.78, 5) is 0. The van der Waals surface area contributed by atoms with Crippen LogP contribution in [-0.2, 0) is 7.05 Å². The Hall–Kier alpha value is -3.33. The predicted molar refractivity (Wildman–Crippen MR) is 107 cm³/mol. The van der Waals surface area contributed by atoms with Crippen molar-refractivity contribution in [2.24, 2.45) is 7.05 Å². The zero-order valence-corrected chi connectivity index (χ0v) is 15.5. The van der Waals surface area contributed by atoms with Gasteiger partial charge in [-0.1, -0.05) is 30.3 Å². The van der Waals surface area contributed by atoms with Crippen LogP contribution in [0.5, 0.6) is 11.5 Å². The van der Waals surface area contributed by atoms with Crippen molar-refractivity contribution >= 4 is 32.7 Å². The normalized spacial score (nSPS) is 12.6. The molecule has 0 aliphatic carbocycles.